The number of aromatic nitrogens is 1. The number of para-hydroxylation sites is 1. The summed E-state index contributed by atoms with van der Waals surface area (Å²) in [5, 5.41) is 18.3. The van der Waals surface area contributed by atoms with Crippen LogP contribution in [0.15, 0.2) is 60.7 Å². The van der Waals surface area contributed by atoms with Crippen LogP contribution in [0, 0.1) is 0 Å². The Morgan fingerprint density at radius 1 is 1.10 bits per heavy atom. The van der Waals surface area contributed by atoms with Crippen LogP contribution < -0.4 is 10.6 Å². The number of carboxylic acids is 1. The number of aromatic amines is 1. The highest BCUT2D eigenvalue weighted by Gasteiger charge is 2.34. The summed E-state index contributed by atoms with van der Waals surface area (Å²) in [5.41, 5.74) is 3.82. The van der Waals surface area contributed by atoms with Crippen LogP contribution in [0.4, 0.5) is 5.00 Å². The van der Waals surface area contributed by atoms with Gasteiger partial charge in [-0.1, -0.05) is 48.5 Å². The lowest BCUT2D eigenvalue weighted by atomic mass is 9.95. The molecule has 9 heteroatoms. The molecule has 0 aliphatic carbocycles. The summed E-state index contributed by atoms with van der Waals surface area (Å²) in [6.07, 6.45) is 3.34. The highest BCUT2D eigenvalue weighted by molar-refractivity contribution is 7.16. The molecular weight excluding hydrogens is 512 g/mol. The van der Waals surface area contributed by atoms with Crippen LogP contribution in [-0.2, 0) is 24.2 Å². The minimum absolute atomic E-state index is 0.0579. The number of carboxylic acid groups (broad SMARTS) is 1. The Kier molecular flexibility index (Phi) is 7.36. The number of fused-ring (bicyclic) bond motifs is 2. The third kappa shape index (κ3) is 5.56. The van der Waals surface area contributed by atoms with Gasteiger partial charge in [0, 0.05) is 48.1 Å². The Labute approximate surface area is 231 Å². The van der Waals surface area contributed by atoms with Crippen molar-refractivity contribution < 1.29 is 19.4 Å². The van der Waals surface area contributed by atoms with Gasteiger partial charge < -0.3 is 25.5 Å². The topological polar surface area (TPSA) is 107 Å². The van der Waals surface area contributed by atoms with Gasteiger partial charge in [0.05, 0.1) is 5.56 Å². The second-order valence-electron chi connectivity index (χ2n) is 10.2. The quantitative estimate of drug-likeness (QED) is 0.242. The molecule has 4 aromatic rings. The number of hydrogen-bond acceptors (Lipinski definition) is 6. The molecule has 0 spiro atoms. The van der Waals surface area contributed by atoms with Crippen LogP contribution in [0.2, 0.25) is 0 Å². The second-order valence-corrected chi connectivity index (χ2v) is 11.3. The largest absolute Gasteiger partial charge is 0.478 e. The molecule has 2 aromatic heterocycles. The third-order valence-corrected chi connectivity index (χ3v) is 8.73. The molecule has 0 bridgehead atoms. The number of nitrogens with one attached hydrogen (secondary N) is 3. The Morgan fingerprint density at radius 2 is 1.92 bits per heavy atom. The zero-order chi connectivity index (χ0) is 26.8. The van der Waals surface area contributed by atoms with Gasteiger partial charge in [0.1, 0.15) is 16.9 Å². The number of rotatable bonds is 8. The number of nitrogens with zero attached hydrogens (tertiary/aromatic N) is 1. The van der Waals surface area contributed by atoms with Crippen LogP contribution in [-0.4, -0.2) is 52.3 Å². The summed E-state index contributed by atoms with van der Waals surface area (Å²) < 4.78 is 5.84. The van der Waals surface area contributed by atoms with Crippen molar-refractivity contribution in [1.82, 2.24) is 15.2 Å². The average Bonchev–Trinajstić information content (AvgIpc) is 3.54. The van der Waals surface area contributed by atoms with Gasteiger partial charge in [0.25, 0.3) is 5.91 Å². The van der Waals surface area contributed by atoms with Crippen molar-refractivity contribution in [1.29, 1.82) is 0 Å². The van der Waals surface area contributed by atoms with E-state index < -0.39 is 5.97 Å². The molecule has 1 amide bonds. The lowest BCUT2D eigenvalue weighted by molar-refractivity contribution is 0.0344. The molecule has 2 aliphatic rings. The number of carbonyl (C=O) groups is 2. The van der Waals surface area contributed by atoms with Crippen molar-refractivity contribution >= 4 is 39.1 Å². The SMILES string of the molecule is O=C(NC[C@@H]1Cc2c(sc(NC3CCCCO3)c2C(=O)O)CN1Cc1ccccc1)c1cc2ccccc2[nH]1. The van der Waals surface area contributed by atoms with E-state index in [4.69, 9.17) is 4.74 Å². The smallest absolute Gasteiger partial charge is 0.338 e. The Bertz CT molecular complexity index is 1440. The molecule has 4 heterocycles. The first-order chi connectivity index (χ1) is 19.0. The lowest BCUT2D eigenvalue weighted by Gasteiger charge is -2.36. The van der Waals surface area contributed by atoms with Crippen molar-refractivity contribution in [3.05, 3.63) is 87.9 Å². The fraction of sp³-hybridized carbons (Fsp3) is 0.333. The number of amides is 1. The van der Waals surface area contributed by atoms with Crippen LogP contribution >= 0.6 is 11.3 Å². The molecule has 0 saturated carbocycles. The van der Waals surface area contributed by atoms with E-state index in [-0.39, 0.29) is 18.2 Å². The number of aromatic carboxylic acids is 1. The van der Waals surface area contributed by atoms with E-state index in [0.717, 1.165) is 40.6 Å². The van der Waals surface area contributed by atoms with Crippen molar-refractivity contribution in [3.8, 4) is 0 Å². The molecule has 2 aliphatic heterocycles. The van der Waals surface area contributed by atoms with Crippen LogP contribution in [0.3, 0.4) is 0 Å². The maximum atomic E-state index is 13.1. The first-order valence-electron chi connectivity index (χ1n) is 13.4. The fourth-order valence-corrected chi connectivity index (χ4v) is 6.86. The van der Waals surface area contributed by atoms with E-state index in [1.54, 1.807) is 0 Å². The van der Waals surface area contributed by atoms with E-state index in [0.29, 0.717) is 48.9 Å². The van der Waals surface area contributed by atoms with Gasteiger partial charge in [-0.3, -0.25) is 9.69 Å². The molecule has 8 nitrogen and oxygen atoms in total. The predicted octanol–water partition coefficient (Wildman–Crippen LogP) is 5.22. The summed E-state index contributed by atoms with van der Waals surface area (Å²) in [5.74, 6) is -1.10. The second kappa shape index (κ2) is 11.2. The maximum absolute atomic E-state index is 13.1. The van der Waals surface area contributed by atoms with Gasteiger partial charge in [-0.05, 0) is 48.9 Å². The molecule has 39 heavy (non-hydrogen) atoms. The van der Waals surface area contributed by atoms with E-state index >= 15 is 0 Å². The van der Waals surface area contributed by atoms with Gasteiger partial charge in [-0.15, -0.1) is 11.3 Å². The fourth-order valence-electron chi connectivity index (χ4n) is 5.57. The van der Waals surface area contributed by atoms with E-state index in [1.807, 2.05) is 48.5 Å². The van der Waals surface area contributed by atoms with Crippen LogP contribution in [0.25, 0.3) is 10.9 Å². The summed E-state index contributed by atoms with van der Waals surface area (Å²) in [6, 6.07) is 19.9. The van der Waals surface area contributed by atoms with Crippen LogP contribution in [0.1, 0.15) is 56.1 Å². The zero-order valence-electron chi connectivity index (χ0n) is 21.6. The molecule has 4 N–H and O–H groups in total. The molecule has 1 fully saturated rings. The average molecular weight is 545 g/mol. The summed E-state index contributed by atoms with van der Waals surface area (Å²) in [4.78, 5) is 32.1. The lowest BCUT2D eigenvalue weighted by Crippen LogP contribution is -2.47. The number of H-pyrrole nitrogens is 1. The summed E-state index contributed by atoms with van der Waals surface area (Å²) in [7, 11) is 0. The van der Waals surface area contributed by atoms with Crippen molar-refractivity contribution in [2.75, 3.05) is 18.5 Å². The predicted molar refractivity (Wildman–Crippen MR) is 152 cm³/mol. The molecule has 202 valence electrons. The molecule has 2 atom stereocenters. The van der Waals surface area contributed by atoms with Gasteiger partial charge in [0.15, 0.2) is 0 Å². The van der Waals surface area contributed by atoms with Crippen molar-refractivity contribution in [2.24, 2.45) is 0 Å². The van der Waals surface area contributed by atoms with Gasteiger partial charge in [0.2, 0.25) is 0 Å². The highest BCUT2D eigenvalue weighted by Crippen LogP contribution is 2.40. The Balaban J connectivity index is 1.25. The van der Waals surface area contributed by atoms with Gasteiger partial charge in [-0.2, -0.15) is 0 Å². The Hall–Kier alpha value is -3.66. The first-order valence-corrected chi connectivity index (χ1v) is 14.3. The number of thiophene rings is 1. The normalized spacial score (nSPS) is 19.5. The van der Waals surface area contributed by atoms with Gasteiger partial charge in [-0.25, -0.2) is 4.79 Å². The van der Waals surface area contributed by atoms with Crippen molar-refractivity contribution in [3.63, 3.8) is 0 Å². The Morgan fingerprint density at radius 3 is 2.69 bits per heavy atom. The molecule has 0 radical (unpaired) electrons. The van der Waals surface area contributed by atoms with Gasteiger partial charge >= 0.3 is 5.97 Å². The highest BCUT2D eigenvalue weighted by atomic mass is 32.1. The zero-order valence-corrected chi connectivity index (χ0v) is 22.4. The maximum Gasteiger partial charge on any atom is 0.338 e. The first kappa shape index (κ1) is 25.6. The summed E-state index contributed by atoms with van der Waals surface area (Å²) in [6.45, 7) is 2.43. The molecular formula is C30H32N4O4S. The number of carbonyl (C=O) groups excluding carboxylic acids is 1. The van der Waals surface area contributed by atoms with E-state index in [2.05, 4.69) is 32.7 Å². The van der Waals surface area contributed by atoms with Crippen LogP contribution in [0.5, 0.6) is 0 Å². The molecule has 6 rings (SSSR count). The number of hydrogen-bond donors (Lipinski definition) is 4. The summed E-state index contributed by atoms with van der Waals surface area (Å²) >= 11 is 1.52. The third-order valence-electron chi connectivity index (χ3n) is 7.58. The van der Waals surface area contributed by atoms with E-state index in [1.165, 1.54) is 16.9 Å². The number of ether oxygens (including phenoxy) is 1. The molecule has 1 unspecified atom stereocenters. The minimum Gasteiger partial charge on any atom is -0.478 e. The van der Waals surface area contributed by atoms with E-state index in [9.17, 15) is 14.7 Å². The minimum atomic E-state index is -0.928. The standard InChI is InChI=1S/C30H32N4O4S/c35-28(24-14-20-10-4-5-11-23(20)32-24)31-16-21-15-22-25(18-34(21)17-19-8-2-1-3-9-19)39-29(27(22)30(36)37)33-26-12-6-7-13-38-26/h1-5,8-11,14,21,26,32-33H,6-7,12-13,15-18H2,(H,31,35)(H,36,37)/t21-,26?/m0/s1. The monoisotopic (exact) mass is 544 g/mol. The van der Waals surface area contributed by atoms with Crippen molar-refractivity contribution in [2.45, 2.75) is 51.0 Å². The number of benzene rings is 2. The molecule has 2 aromatic carbocycles. The number of anilines is 1. The molecule has 1 saturated heterocycles.